The third-order valence-corrected chi connectivity index (χ3v) is 4.73. The van der Waals surface area contributed by atoms with E-state index in [0.717, 1.165) is 48.0 Å². The molecule has 23 heavy (non-hydrogen) atoms. The summed E-state index contributed by atoms with van der Waals surface area (Å²) < 4.78 is 6.25. The van der Waals surface area contributed by atoms with E-state index in [1.54, 1.807) is 6.20 Å². The Labute approximate surface area is 137 Å². The second-order valence-electron chi connectivity index (χ2n) is 6.52. The molecule has 0 bridgehead atoms. The van der Waals surface area contributed by atoms with Gasteiger partial charge in [0.25, 0.3) is 5.56 Å². The summed E-state index contributed by atoms with van der Waals surface area (Å²) in [4.78, 5) is 17.1. The van der Waals surface area contributed by atoms with E-state index in [2.05, 4.69) is 16.8 Å². The van der Waals surface area contributed by atoms with Gasteiger partial charge in [-0.3, -0.25) is 4.79 Å². The van der Waals surface area contributed by atoms with Crippen molar-refractivity contribution in [1.82, 2.24) is 9.88 Å². The van der Waals surface area contributed by atoms with Crippen LogP contribution in [0.15, 0.2) is 29.2 Å². The van der Waals surface area contributed by atoms with E-state index < -0.39 is 0 Å². The Morgan fingerprint density at radius 3 is 2.83 bits per heavy atom. The third kappa shape index (κ3) is 3.75. The van der Waals surface area contributed by atoms with Crippen LogP contribution in [0.25, 0.3) is 10.8 Å². The standard InChI is InChI=1S/C19H26N2O2/c1-3-4-9-21-10-6-16(7-11-21)23-18-13-15-5-8-20-19(22)17(15)12-14(18)2/h5,8,12-13,16H,3-4,6-7,9-11H2,1-2H3,(H,20,22). The maximum Gasteiger partial charge on any atom is 0.255 e. The molecular formula is C19H26N2O2. The fraction of sp³-hybridized carbons (Fsp3) is 0.526. The smallest absolute Gasteiger partial charge is 0.255 e. The zero-order chi connectivity index (χ0) is 16.2. The Morgan fingerprint density at radius 2 is 2.09 bits per heavy atom. The Kier molecular flexibility index (Phi) is 5.01. The van der Waals surface area contributed by atoms with Crippen LogP contribution in [0.4, 0.5) is 0 Å². The second kappa shape index (κ2) is 7.18. The summed E-state index contributed by atoms with van der Waals surface area (Å²) in [5.41, 5.74) is 0.990. The number of rotatable bonds is 5. The lowest BCUT2D eigenvalue weighted by Crippen LogP contribution is -2.38. The van der Waals surface area contributed by atoms with E-state index in [0.29, 0.717) is 0 Å². The molecule has 1 aliphatic heterocycles. The van der Waals surface area contributed by atoms with Crippen molar-refractivity contribution in [2.75, 3.05) is 19.6 Å². The van der Waals surface area contributed by atoms with Crippen LogP contribution in [-0.4, -0.2) is 35.6 Å². The summed E-state index contributed by atoms with van der Waals surface area (Å²) >= 11 is 0. The van der Waals surface area contributed by atoms with E-state index in [-0.39, 0.29) is 11.7 Å². The molecule has 3 rings (SSSR count). The molecule has 4 heteroatoms. The number of benzene rings is 1. The largest absolute Gasteiger partial charge is 0.490 e. The van der Waals surface area contributed by atoms with E-state index in [4.69, 9.17) is 4.74 Å². The van der Waals surface area contributed by atoms with Gasteiger partial charge in [0.05, 0.1) is 0 Å². The predicted octanol–water partition coefficient (Wildman–Crippen LogP) is 3.48. The summed E-state index contributed by atoms with van der Waals surface area (Å²) in [6, 6.07) is 5.86. The lowest BCUT2D eigenvalue weighted by Gasteiger charge is -2.32. The number of nitrogens with zero attached hydrogens (tertiary/aromatic N) is 1. The summed E-state index contributed by atoms with van der Waals surface area (Å²) in [6.45, 7) is 7.70. The molecular weight excluding hydrogens is 288 g/mol. The summed E-state index contributed by atoms with van der Waals surface area (Å²) in [5, 5.41) is 1.67. The molecule has 0 atom stereocenters. The molecule has 1 saturated heterocycles. The van der Waals surface area contributed by atoms with Crippen molar-refractivity contribution < 1.29 is 4.74 Å². The number of fused-ring (bicyclic) bond motifs is 1. The number of nitrogens with one attached hydrogen (secondary N) is 1. The van der Waals surface area contributed by atoms with Crippen LogP contribution < -0.4 is 10.3 Å². The normalized spacial score (nSPS) is 16.8. The molecule has 1 aromatic heterocycles. The van der Waals surface area contributed by atoms with Gasteiger partial charge in [-0.2, -0.15) is 0 Å². The molecule has 0 unspecified atom stereocenters. The van der Waals surface area contributed by atoms with Gasteiger partial charge in [-0.05, 0) is 61.9 Å². The van der Waals surface area contributed by atoms with Crippen LogP contribution in [0, 0.1) is 6.92 Å². The number of likely N-dealkylation sites (tertiary alicyclic amines) is 1. The van der Waals surface area contributed by atoms with Crippen molar-refractivity contribution in [3.8, 4) is 5.75 Å². The Bertz CT molecular complexity index is 715. The number of piperidine rings is 1. The average molecular weight is 314 g/mol. The van der Waals surface area contributed by atoms with Gasteiger partial charge >= 0.3 is 0 Å². The van der Waals surface area contributed by atoms with Crippen molar-refractivity contribution in [2.24, 2.45) is 0 Å². The fourth-order valence-electron chi connectivity index (χ4n) is 3.26. The molecule has 0 aliphatic carbocycles. The third-order valence-electron chi connectivity index (χ3n) is 4.73. The molecule has 0 radical (unpaired) electrons. The van der Waals surface area contributed by atoms with Crippen LogP contribution in [-0.2, 0) is 0 Å². The highest BCUT2D eigenvalue weighted by Crippen LogP contribution is 2.26. The van der Waals surface area contributed by atoms with E-state index in [1.807, 2.05) is 25.1 Å². The number of aryl methyl sites for hydroxylation is 1. The van der Waals surface area contributed by atoms with Crippen molar-refractivity contribution in [2.45, 2.75) is 45.6 Å². The SMILES string of the molecule is CCCCN1CCC(Oc2cc3cc[nH]c(=O)c3cc2C)CC1. The number of H-pyrrole nitrogens is 1. The van der Waals surface area contributed by atoms with Gasteiger partial charge in [-0.25, -0.2) is 0 Å². The monoisotopic (exact) mass is 314 g/mol. The molecule has 0 amide bonds. The van der Waals surface area contributed by atoms with Crippen molar-refractivity contribution in [3.05, 3.63) is 40.3 Å². The van der Waals surface area contributed by atoms with E-state index >= 15 is 0 Å². The highest BCUT2D eigenvalue weighted by Gasteiger charge is 2.20. The fourth-order valence-corrected chi connectivity index (χ4v) is 3.26. The molecule has 4 nitrogen and oxygen atoms in total. The minimum atomic E-state index is -0.0404. The maximum atomic E-state index is 11.9. The molecule has 1 aliphatic rings. The number of aromatic amines is 1. The first-order valence-electron chi connectivity index (χ1n) is 8.68. The summed E-state index contributed by atoms with van der Waals surface area (Å²) in [5.74, 6) is 0.912. The van der Waals surface area contributed by atoms with E-state index in [1.165, 1.54) is 19.4 Å². The molecule has 0 spiro atoms. The van der Waals surface area contributed by atoms with Crippen molar-refractivity contribution >= 4 is 10.8 Å². The molecule has 124 valence electrons. The van der Waals surface area contributed by atoms with Crippen LogP contribution in [0.2, 0.25) is 0 Å². The highest BCUT2D eigenvalue weighted by atomic mass is 16.5. The number of pyridine rings is 1. The first kappa shape index (κ1) is 16.1. The van der Waals surface area contributed by atoms with Crippen LogP contribution in [0.5, 0.6) is 5.75 Å². The van der Waals surface area contributed by atoms with Gasteiger partial charge in [-0.1, -0.05) is 13.3 Å². The zero-order valence-electron chi connectivity index (χ0n) is 14.1. The van der Waals surface area contributed by atoms with Gasteiger partial charge in [-0.15, -0.1) is 0 Å². The number of aromatic nitrogens is 1. The minimum Gasteiger partial charge on any atom is -0.490 e. The second-order valence-corrected chi connectivity index (χ2v) is 6.52. The highest BCUT2D eigenvalue weighted by molar-refractivity contribution is 5.83. The van der Waals surface area contributed by atoms with Gasteiger partial charge in [0, 0.05) is 24.7 Å². The zero-order valence-corrected chi connectivity index (χ0v) is 14.1. The number of hydrogen-bond acceptors (Lipinski definition) is 3. The molecule has 1 aromatic carbocycles. The number of unbranched alkanes of at least 4 members (excludes halogenated alkanes) is 1. The maximum absolute atomic E-state index is 11.9. The van der Waals surface area contributed by atoms with Crippen LogP contribution >= 0.6 is 0 Å². The molecule has 1 N–H and O–H groups in total. The summed E-state index contributed by atoms with van der Waals surface area (Å²) in [7, 11) is 0. The number of ether oxygens (including phenoxy) is 1. The molecule has 0 saturated carbocycles. The molecule has 2 heterocycles. The van der Waals surface area contributed by atoms with Crippen molar-refractivity contribution in [1.29, 1.82) is 0 Å². The topological polar surface area (TPSA) is 45.3 Å². The van der Waals surface area contributed by atoms with E-state index in [9.17, 15) is 4.79 Å². The van der Waals surface area contributed by atoms with Crippen molar-refractivity contribution in [3.63, 3.8) is 0 Å². The van der Waals surface area contributed by atoms with Gasteiger partial charge in [0.15, 0.2) is 0 Å². The van der Waals surface area contributed by atoms with Gasteiger partial charge in [0.2, 0.25) is 0 Å². The van der Waals surface area contributed by atoms with Crippen LogP contribution in [0.3, 0.4) is 0 Å². The predicted molar refractivity (Wildman–Crippen MR) is 94.3 cm³/mol. The quantitative estimate of drug-likeness (QED) is 0.919. The Hall–Kier alpha value is -1.81. The molecule has 1 fully saturated rings. The lowest BCUT2D eigenvalue weighted by molar-refractivity contribution is 0.0994. The van der Waals surface area contributed by atoms with Crippen LogP contribution in [0.1, 0.15) is 38.2 Å². The summed E-state index contributed by atoms with van der Waals surface area (Å²) in [6.07, 6.45) is 6.67. The Balaban J connectivity index is 1.68. The van der Waals surface area contributed by atoms with Gasteiger partial charge < -0.3 is 14.6 Å². The lowest BCUT2D eigenvalue weighted by atomic mass is 10.1. The van der Waals surface area contributed by atoms with Gasteiger partial charge in [0.1, 0.15) is 11.9 Å². The first-order valence-corrected chi connectivity index (χ1v) is 8.68. The molecule has 2 aromatic rings. The Morgan fingerprint density at radius 1 is 1.30 bits per heavy atom. The minimum absolute atomic E-state index is 0.0404. The first-order chi connectivity index (χ1) is 11.2. The average Bonchev–Trinajstić information content (AvgIpc) is 2.56. The number of hydrogen-bond donors (Lipinski definition) is 1.